The van der Waals surface area contributed by atoms with Crippen LogP contribution in [0.2, 0.25) is 0 Å². The fraction of sp³-hybridized carbons (Fsp3) is 0.769. The van der Waals surface area contributed by atoms with Gasteiger partial charge in [-0.05, 0) is 13.8 Å². The van der Waals surface area contributed by atoms with E-state index in [-0.39, 0.29) is 39.5 Å². The van der Waals surface area contributed by atoms with E-state index in [0.29, 0.717) is 0 Å². The van der Waals surface area contributed by atoms with Crippen LogP contribution in [-0.2, 0) is 28.5 Å². The molecule has 0 aromatic carbocycles. The van der Waals surface area contributed by atoms with E-state index in [1.807, 2.05) is 0 Å². The molecule has 0 bridgehead atoms. The first-order valence-electron chi connectivity index (χ1n) is 6.59. The molecular weight excluding hydrogens is 284 g/mol. The van der Waals surface area contributed by atoms with E-state index < -0.39 is 24.1 Å². The van der Waals surface area contributed by atoms with Crippen LogP contribution in [0.15, 0.2) is 0 Å². The van der Waals surface area contributed by atoms with Crippen molar-refractivity contribution in [1.82, 2.24) is 0 Å². The molecular formula is C13H22O8. The van der Waals surface area contributed by atoms with Crippen molar-refractivity contribution in [3.63, 3.8) is 0 Å². The molecule has 0 saturated carbocycles. The van der Waals surface area contributed by atoms with Gasteiger partial charge in [0, 0.05) is 6.42 Å². The first kappa shape index (κ1) is 19.3. The summed E-state index contributed by atoms with van der Waals surface area (Å²) in [7, 11) is 0. The molecule has 0 aromatic heterocycles. The summed E-state index contributed by atoms with van der Waals surface area (Å²) in [4.78, 5) is 32.9. The molecule has 0 amide bonds. The minimum Gasteiger partial charge on any atom is -0.465 e. The van der Waals surface area contributed by atoms with Gasteiger partial charge in [-0.25, -0.2) is 4.79 Å². The molecule has 0 fully saturated rings. The first-order valence-corrected chi connectivity index (χ1v) is 6.59. The summed E-state index contributed by atoms with van der Waals surface area (Å²) in [5, 5.41) is 9.21. The maximum Gasteiger partial charge on any atom is 0.508 e. The summed E-state index contributed by atoms with van der Waals surface area (Å²) in [6, 6.07) is 0. The average molecular weight is 306 g/mol. The van der Waals surface area contributed by atoms with Gasteiger partial charge in [-0.1, -0.05) is 0 Å². The summed E-state index contributed by atoms with van der Waals surface area (Å²) in [5.74, 6) is -0.655. The van der Waals surface area contributed by atoms with E-state index in [1.54, 1.807) is 6.92 Å². The number of aliphatic hydroxyl groups is 1. The highest BCUT2D eigenvalue weighted by Crippen LogP contribution is 2.18. The van der Waals surface area contributed by atoms with Crippen LogP contribution in [0.4, 0.5) is 4.79 Å². The van der Waals surface area contributed by atoms with Crippen LogP contribution in [0.25, 0.3) is 0 Å². The Morgan fingerprint density at radius 2 is 1.86 bits per heavy atom. The second kappa shape index (κ2) is 11.0. The molecule has 8 nitrogen and oxygen atoms in total. The summed E-state index contributed by atoms with van der Waals surface area (Å²) in [6.45, 7) is 2.70. The lowest BCUT2D eigenvalue weighted by molar-refractivity contribution is -0.160. The standard InChI is InChI=1S/C13H22O8/c1-3-19-11(16)13(2,9-15)10-21-12(17)20-8-7-18-6-4-5-14/h5,15H,3-4,6-10H2,1-2H3. The second-order valence-electron chi connectivity index (χ2n) is 4.39. The summed E-state index contributed by atoms with van der Waals surface area (Å²) < 4.78 is 19.2. The third-order valence-corrected chi connectivity index (χ3v) is 2.45. The van der Waals surface area contributed by atoms with Crippen LogP contribution in [0.1, 0.15) is 20.3 Å². The number of aldehydes is 1. The van der Waals surface area contributed by atoms with Crippen LogP contribution in [-0.4, -0.2) is 63.2 Å². The summed E-state index contributed by atoms with van der Waals surface area (Å²) in [6.07, 6.45) is 0.0250. The Bertz CT molecular complexity index is 330. The van der Waals surface area contributed by atoms with Crippen molar-refractivity contribution in [2.24, 2.45) is 5.41 Å². The highest BCUT2D eigenvalue weighted by molar-refractivity contribution is 5.77. The van der Waals surface area contributed by atoms with E-state index in [0.717, 1.165) is 6.29 Å². The third kappa shape index (κ3) is 8.26. The predicted molar refractivity (Wildman–Crippen MR) is 70.6 cm³/mol. The average Bonchev–Trinajstić information content (AvgIpc) is 2.48. The molecule has 1 N–H and O–H groups in total. The van der Waals surface area contributed by atoms with Crippen LogP contribution >= 0.6 is 0 Å². The number of aliphatic hydroxyl groups excluding tert-OH is 1. The fourth-order valence-corrected chi connectivity index (χ4v) is 1.15. The minimum absolute atomic E-state index is 0.0348. The lowest BCUT2D eigenvalue weighted by Gasteiger charge is -2.23. The molecule has 0 radical (unpaired) electrons. The Morgan fingerprint density at radius 1 is 1.14 bits per heavy atom. The maximum absolute atomic E-state index is 11.6. The summed E-state index contributed by atoms with van der Waals surface area (Å²) >= 11 is 0. The van der Waals surface area contributed by atoms with E-state index in [1.165, 1.54) is 6.92 Å². The van der Waals surface area contributed by atoms with Crippen LogP contribution in [0.3, 0.4) is 0 Å². The molecule has 21 heavy (non-hydrogen) atoms. The number of rotatable bonds is 11. The zero-order valence-electron chi connectivity index (χ0n) is 12.3. The zero-order valence-corrected chi connectivity index (χ0v) is 12.3. The van der Waals surface area contributed by atoms with Gasteiger partial charge >= 0.3 is 12.1 Å². The highest BCUT2D eigenvalue weighted by atomic mass is 16.7. The monoisotopic (exact) mass is 306 g/mol. The fourth-order valence-electron chi connectivity index (χ4n) is 1.15. The van der Waals surface area contributed by atoms with Crippen molar-refractivity contribution < 1.29 is 38.4 Å². The lowest BCUT2D eigenvalue weighted by atomic mass is 9.93. The van der Waals surface area contributed by atoms with Gasteiger partial charge in [-0.2, -0.15) is 0 Å². The topological polar surface area (TPSA) is 108 Å². The molecule has 0 saturated heterocycles. The molecule has 0 rings (SSSR count). The maximum atomic E-state index is 11.6. The molecule has 0 aliphatic rings. The van der Waals surface area contributed by atoms with E-state index in [2.05, 4.69) is 0 Å². The molecule has 0 heterocycles. The van der Waals surface area contributed by atoms with Crippen molar-refractivity contribution in [3.8, 4) is 0 Å². The van der Waals surface area contributed by atoms with E-state index >= 15 is 0 Å². The molecule has 122 valence electrons. The Hall–Kier alpha value is -1.67. The smallest absolute Gasteiger partial charge is 0.465 e. The molecule has 1 unspecified atom stereocenters. The van der Waals surface area contributed by atoms with Crippen molar-refractivity contribution in [2.75, 3.05) is 39.6 Å². The Morgan fingerprint density at radius 3 is 2.43 bits per heavy atom. The van der Waals surface area contributed by atoms with Crippen LogP contribution < -0.4 is 0 Å². The van der Waals surface area contributed by atoms with Crippen LogP contribution in [0, 0.1) is 5.41 Å². The van der Waals surface area contributed by atoms with Gasteiger partial charge in [-0.3, -0.25) is 4.79 Å². The predicted octanol–water partition coefficient (Wildman–Crippen LogP) is 0.307. The van der Waals surface area contributed by atoms with Gasteiger partial charge in [-0.15, -0.1) is 0 Å². The minimum atomic E-state index is -1.32. The molecule has 8 heteroatoms. The van der Waals surface area contributed by atoms with Crippen molar-refractivity contribution in [2.45, 2.75) is 20.3 Å². The molecule has 0 aliphatic carbocycles. The van der Waals surface area contributed by atoms with Gasteiger partial charge < -0.3 is 28.8 Å². The number of hydrogen-bond donors (Lipinski definition) is 1. The Balaban J connectivity index is 3.93. The number of carbonyl (C=O) groups is 3. The molecule has 0 spiro atoms. The molecule has 0 aliphatic heterocycles. The third-order valence-electron chi connectivity index (χ3n) is 2.45. The number of carbonyl (C=O) groups excluding carboxylic acids is 3. The van der Waals surface area contributed by atoms with Gasteiger partial charge in [0.1, 0.15) is 24.9 Å². The van der Waals surface area contributed by atoms with Gasteiger partial charge in [0.25, 0.3) is 0 Å². The van der Waals surface area contributed by atoms with Gasteiger partial charge in [0.2, 0.25) is 0 Å². The number of esters is 1. The normalized spacial score (nSPS) is 13.1. The van der Waals surface area contributed by atoms with Crippen LogP contribution in [0.5, 0.6) is 0 Å². The van der Waals surface area contributed by atoms with Gasteiger partial charge in [0.15, 0.2) is 0 Å². The molecule has 0 aromatic rings. The first-order chi connectivity index (χ1) is 10.00. The Labute approximate surface area is 123 Å². The summed E-state index contributed by atoms with van der Waals surface area (Å²) in [5.41, 5.74) is -1.32. The largest absolute Gasteiger partial charge is 0.508 e. The van der Waals surface area contributed by atoms with Crippen molar-refractivity contribution >= 4 is 18.4 Å². The SMILES string of the molecule is CCOC(=O)C(C)(CO)COC(=O)OCCOCCC=O. The van der Waals surface area contributed by atoms with E-state index in [4.69, 9.17) is 18.9 Å². The quantitative estimate of drug-likeness (QED) is 0.330. The number of ether oxygens (including phenoxy) is 4. The van der Waals surface area contributed by atoms with E-state index in [9.17, 15) is 19.5 Å². The van der Waals surface area contributed by atoms with Gasteiger partial charge in [0.05, 0.1) is 26.4 Å². The Kier molecular flexibility index (Phi) is 10.2. The highest BCUT2D eigenvalue weighted by Gasteiger charge is 2.36. The molecule has 1 atom stereocenters. The number of hydrogen-bond acceptors (Lipinski definition) is 8. The van der Waals surface area contributed by atoms with Crippen molar-refractivity contribution in [1.29, 1.82) is 0 Å². The lowest BCUT2D eigenvalue weighted by Crippen LogP contribution is -2.39. The second-order valence-corrected chi connectivity index (χ2v) is 4.39. The van der Waals surface area contributed by atoms with Crippen molar-refractivity contribution in [3.05, 3.63) is 0 Å². The zero-order chi connectivity index (χ0) is 16.1.